The molecule has 7 rings (SSSR count). The van der Waals surface area contributed by atoms with Crippen molar-refractivity contribution < 1.29 is 48.6 Å². The first-order chi connectivity index (χ1) is 24.6. The first kappa shape index (κ1) is 36.9. The molecule has 280 valence electrons. The monoisotopic (exact) mass is 805 g/mol. The summed E-state index contributed by atoms with van der Waals surface area (Å²) in [5.74, 6) is -9.16. The molecule has 0 spiro atoms. The van der Waals surface area contributed by atoms with Crippen molar-refractivity contribution in [2.45, 2.75) is 37.0 Å². The number of carbonyl (C=O) groups excluding carboxylic acids is 1. The van der Waals surface area contributed by atoms with Crippen LogP contribution in [0.5, 0.6) is 0 Å². The highest BCUT2D eigenvalue weighted by atomic mass is 35.5. The lowest BCUT2D eigenvalue weighted by Crippen LogP contribution is -2.38. The lowest BCUT2D eigenvalue weighted by Gasteiger charge is -2.22. The van der Waals surface area contributed by atoms with Crippen LogP contribution in [-0.2, 0) is 28.3 Å². The number of nitrogens with one attached hydrogen (secondary N) is 2. The normalized spacial score (nSPS) is 21.0. The molecule has 3 aliphatic rings. The number of nitrogen functional groups attached to an aromatic ring is 1. The van der Waals surface area contributed by atoms with Gasteiger partial charge in [0.05, 0.1) is 39.6 Å². The molecule has 0 radical (unpaired) electrons. The van der Waals surface area contributed by atoms with E-state index in [4.69, 9.17) is 28.9 Å². The molecule has 1 aliphatic heterocycles. The maximum absolute atomic E-state index is 15.3. The highest BCUT2D eigenvalue weighted by molar-refractivity contribution is 7.92. The van der Waals surface area contributed by atoms with Crippen molar-refractivity contribution in [1.82, 2.24) is 20.1 Å². The largest absolute Gasteiger partial charge is 0.420 e. The molecule has 4 atom stereocenters. The second kappa shape index (κ2) is 12.5. The van der Waals surface area contributed by atoms with Crippen molar-refractivity contribution in [2.75, 3.05) is 23.3 Å². The number of pyridine rings is 1. The van der Waals surface area contributed by atoms with Gasteiger partial charge in [-0.1, -0.05) is 34.0 Å². The predicted octanol–water partition coefficient (Wildman–Crippen LogP) is 6.52. The van der Waals surface area contributed by atoms with E-state index in [-0.39, 0.29) is 61.4 Å². The number of nitrogens with two attached hydrogens (primary N) is 1. The molecule has 1 saturated carbocycles. The van der Waals surface area contributed by atoms with E-state index in [1.54, 1.807) is 0 Å². The fourth-order valence-corrected chi connectivity index (χ4v) is 8.04. The molecule has 2 aromatic carbocycles. The van der Waals surface area contributed by atoms with Gasteiger partial charge in [-0.05, 0) is 53.7 Å². The summed E-state index contributed by atoms with van der Waals surface area (Å²) in [6.45, 7) is -1.07. The summed E-state index contributed by atoms with van der Waals surface area (Å²) >= 11 is 12.9. The Hall–Kier alpha value is -4.49. The van der Waals surface area contributed by atoms with Crippen LogP contribution < -0.4 is 15.8 Å². The molecule has 1 fully saturated rings. The van der Waals surface area contributed by atoms with E-state index in [0.717, 1.165) is 18.4 Å². The molecule has 1 amide bonds. The molecule has 11 nitrogen and oxygen atoms in total. The van der Waals surface area contributed by atoms with Crippen LogP contribution in [0.1, 0.15) is 23.7 Å². The van der Waals surface area contributed by atoms with Crippen molar-refractivity contribution in [1.29, 1.82) is 0 Å². The topological polar surface area (TPSA) is 147 Å². The van der Waals surface area contributed by atoms with E-state index in [1.807, 2.05) is 0 Å². The number of fused-ring (bicyclic) bond motifs is 3. The maximum atomic E-state index is 15.3. The fourth-order valence-electron chi connectivity index (χ4n) is 7.16. The van der Waals surface area contributed by atoms with Gasteiger partial charge in [0.1, 0.15) is 11.6 Å². The second-order valence-corrected chi connectivity index (χ2v) is 15.6. The quantitative estimate of drug-likeness (QED) is 0.0998. The van der Waals surface area contributed by atoms with Crippen molar-refractivity contribution in [3.05, 3.63) is 80.7 Å². The predicted molar refractivity (Wildman–Crippen MR) is 179 cm³/mol. The van der Waals surface area contributed by atoms with Crippen molar-refractivity contribution in [3.63, 3.8) is 0 Å². The molecular formula is C32H26Cl2F7N8O3S+. The van der Waals surface area contributed by atoms with E-state index >= 15 is 8.78 Å². The number of carbonyl (C=O) groups is 1. The molecule has 4 aromatic rings. The number of aromatic nitrogens is 3. The number of aryl methyl sites for hydroxylation is 1. The third-order valence-corrected chi connectivity index (χ3v) is 10.4. The van der Waals surface area contributed by atoms with Gasteiger partial charge in [-0.25, -0.2) is 22.2 Å². The molecule has 2 aliphatic carbocycles. The Morgan fingerprint density at radius 2 is 1.81 bits per heavy atom. The summed E-state index contributed by atoms with van der Waals surface area (Å²) in [5, 5.41) is 10.3. The number of sulfonamides is 1. The van der Waals surface area contributed by atoms with Gasteiger partial charge in [-0.2, -0.15) is 27.1 Å². The lowest BCUT2D eigenvalue weighted by atomic mass is 9.94. The van der Waals surface area contributed by atoms with E-state index < -0.39 is 87.8 Å². The van der Waals surface area contributed by atoms with Crippen LogP contribution in [-0.4, -0.2) is 64.7 Å². The summed E-state index contributed by atoms with van der Waals surface area (Å²) in [7, 11) is -2.36. The van der Waals surface area contributed by atoms with E-state index in [1.165, 1.54) is 29.9 Å². The fraction of sp³-hybridized carbons (Fsp3) is 0.344. The van der Waals surface area contributed by atoms with Crippen LogP contribution in [0.4, 0.5) is 42.2 Å². The number of nitrogens with zero attached hydrogens (tertiary/aromatic N) is 5. The minimum atomic E-state index is -4.99. The van der Waals surface area contributed by atoms with E-state index in [0.29, 0.717) is 10.8 Å². The standard InChI is InChI=1S/C32H25Cl2F7N8O3S/c1-48-26-15(3-4-19(33)24(26)30(46-48)47-53(2,51)52)16-10-20(42)29(34)44-25(16)21(7-12-5-13(35)8-14(36)6-12)43-22(50)11-49-28-23(27(45-49)32(39,40)41)17-9-18(17)31(28,37)38/h3-6,8,10,17-18,21,27H,7,9,11,42H2,1-2H3,(H-,43,46,47,50)/p+1/t17-,18+,21-,27?/m0/s1. The summed E-state index contributed by atoms with van der Waals surface area (Å²) in [6.07, 6.45) is -4.62. The van der Waals surface area contributed by atoms with Crippen molar-refractivity contribution >= 4 is 61.5 Å². The Kier molecular flexibility index (Phi) is 8.72. The first-order valence-electron chi connectivity index (χ1n) is 15.6. The first-order valence-corrected chi connectivity index (χ1v) is 18.3. The number of hydrogen-bond acceptors (Lipinski definition) is 7. The van der Waals surface area contributed by atoms with Gasteiger partial charge in [0.2, 0.25) is 16.1 Å². The Morgan fingerprint density at radius 3 is 2.45 bits per heavy atom. The highest BCUT2D eigenvalue weighted by Crippen LogP contribution is 2.66. The van der Waals surface area contributed by atoms with Crippen LogP contribution in [0.15, 0.2) is 52.8 Å². The summed E-state index contributed by atoms with van der Waals surface area (Å²) in [4.78, 5) is 18.1. The van der Waals surface area contributed by atoms with Crippen LogP contribution in [0.3, 0.4) is 0 Å². The number of anilines is 2. The zero-order valence-electron chi connectivity index (χ0n) is 27.2. The number of azo groups is 2. The molecule has 53 heavy (non-hydrogen) atoms. The smallest absolute Gasteiger partial charge is 0.396 e. The van der Waals surface area contributed by atoms with Crippen LogP contribution in [0.25, 0.3) is 22.0 Å². The van der Waals surface area contributed by atoms with Crippen molar-refractivity contribution in [3.8, 4) is 11.1 Å². The third kappa shape index (κ3) is 6.66. The molecule has 1 unspecified atom stereocenters. The number of allylic oxidation sites excluding steroid dienone is 1. The average molecular weight is 807 g/mol. The molecule has 0 bridgehead atoms. The number of hydrogen-bond donors (Lipinski definition) is 3. The number of rotatable bonds is 9. The van der Waals surface area contributed by atoms with Gasteiger partial charge >= 0.3 is 12.1 Å². The SMILES string of the molecule is Cn1nc(NS(C)(=O)=O)c2c(Cl)ccc(-c3cc(N)c(Cl)nc3[C@H](Cc3cc(F)cc(F)c3)NC(=O)C[N+]3=NC(C(F)(F)F)C4=C3C(F)(F)[C@@H]3C[C@H]43)c21. The maximum Gasteiger partial charge on any atom is 0.420 e. The van der Waals surface area contributed by atoms with E-state index in [2.05, 4.69) is 25.2 Å². The summed E-state index contributed by atoms with van der Waals surface area (Å²) < 4.78 is 129. The minimum absolute atomic E-state index is 0.00896. The molecular weight excluding hydrogens is 780 g/mol. The van der Waals surface area contributed by atoms with Gasteiger partial charge in [0.25, 0.3) is 18.1 Å². The van der Waals surface area contributed by atoms with Gasteiger partial charge in [-0.15, -0.1) is 0 Å². The molecule has 0 saturated heterocycles. The number of alkyl halides is 5. The van der Waals surface area contributed by atoms with Crippen LogP contribution in [0, 0.1) is 23.5 Å². The van der Waals surface area contributed by atoms with Gasteiger partial charge < -0.3 is 11.1 Å². The molecule has 21 heteroatoms. The van der Waals surface area contributed by atoms with Crippen LogP contribution in [0.2, 0.25) is 10.2 Å². The molecule has 2 aromatic heterocycles. The lowest BCUT2D eigenvalue weighted by molar-refractivity contribution is -0.549. The van der Waals surface area contributed by atoms with Crippen LogP contribution >= 0.6 is 23.2 Å². The zero-order chi connectivity index (χ0) is 38.5. The Balaban J connectivity index is 1.34. The van der Waals surface area contributed by atoms with Gasteiger partial charge in [0, 0.05) is 35.7 Å². The highest BCUT2D eigenvalue weighted by Gasteiger charge is 2.75. The third-order valence-electron chi connectivity index (χ3n) is 9.23. The summed E-state index contributed by atoms with van der Waals surface area (Å²) in [5.41, 5.74) is 5.12. The van der Waals surface area contributed by atoms with E-state index in [9.17, 15) is 35.2 Å². The number of amides is 1. The van der Waals surface area contributed by atoms with Gasteiger partial charge in [0.15, 0.2) is 11.0 Å². The molecule has 3 heterocycles. The second-order valence-electron chi connectivity index (χ2n) is 13.1. The van der Waals surface area contributed by atoms with Gasteiger partial charge in [-0.3, -0.25) is 14.2 Å². The number of halogens is 9. The summed E-state index contributed by atoms with van der Waals surface area (Å²) in [6, 6.07) is 2.90. The Labute approximate surface area is 305 Å². The Bertz CT molecular complexity index is 2400. The van der Waals surface area contributed by atoms with Crippen molar-refractivity contribution in [2.24, 2.45) is 24.0 Å². The molecule has 4 N–H and O–H groups in total. The Morgan fingerprint density at radius 1 is 1.13 bits per heavy atom. The number of benzene rings is 2. The zero-order valence-corrected chi connectivity index (χ0v) is 29.6. The average Bonchev–Trinajstić information content (AvgIpc) is 3.56. The minimum Gasteiger partial charge on any atom is -0.396 e.